The Labute approximate surface area is 226 Å². The van der Waals surface area contributed by atoms with Crippen molar-refractivity contribution in [3.63, 3.8) is 0 Å². The maximum atomic E-state index is 13.3. The Morgan fingerprint density at radius 1 is 1.10 bits per heavy atom. The zero-order chi connectivity index (χ0) is 27.1. The summed E-state index contributed by atoms with van der Waals surface area (Å²) in [4.78, 5) is 31.9. The van der Waals surface area contributed by atoms with E-state index in [4.69, 9.17) is 16.4 Å². The van der Waals surface area contributed by atoms with Gasteiger partial charge in [0.2, 0.25) is 5.95 Å². The van der Waals surface area contributed by atoms with E-state index in [9.17, 15) is 9.90 Å². The molecule has 0 bridgehead atoms. The van der Waals surface area contributed by atoms with E-state index in [1.807, 2.05) is 31.2 Å². The molecule has 1 fully saturated rings. The quantitative estimate of drug-likeness (QED) is 0.371. The maximum Gasteiger partial charge on any atom is 0.279 e. The fourth-order valence-electron chi connectivity index (χ4n) is 5.50. The van der Waals surface area contributed by atoms with Gasteiger partial charge in [0.25, 0.3) is 5.56 Å². The molecule has 6 rings (SSSR count). The first-order valence-electron chi connectivity index (χ1n) is 13.4. The van der Waals surface area contributed by atoms with Gasteiger partial charge in [-0.25, -0.2) is 19.3 Å². The van der Waals surface area contributed by atoms with E-state index >= 15 is 0 Å². The topological polar surface area (TPSA) is 104 Å². The van der Waals surface area contributed by atoms with Gasteiger partial charge in [-0.05, 0) is 62.2 Å². The van der Waals surface area contributed by atoms with Crippen molar-refractivity contribution in [1.82, 2.24) is 29.2 Å². The summed E-state index contributed by atoms with van der Waals surface area (Å²) in [5, 5.41) is 14.7. The van der Waals surface area contributed by atoms with Crippen molar-refractivity contribution in [1.29, 1.82) is 0 Å². The minimum Gasteiger partial charge on any atom is -0.384 e. The second-order valence-corrected chi connectivity index (χ2v) is 10.3. The Morgan fingerprint density at radius 3 is 2.59 bits per heavy atom. The van der Waals surface area contributed by atoms with Gasteiger partial charge >= 0.3 is 0 Å². The third-order valence-electron chi connectivity index (χ3n) is 7.92. The minimum atomic E-state index is -0.983. The number of likely N-dealkylation sites (N-methyl/N-ethyl adjacent to an activating group) is 1. The molecular weight excluding hydrogens is 492 g/mol. The van der Waals surface area contributed by atoms with Crippen molar-refractivity contribution in [3.05, 3.63) is 64.2 Å². The predicted molar refractivity (Wildman–Crippen MR) is 152 cm³/mol. The minimum absolute atomic E-state index is 0.0442. The van der Waals surface area contributed by atoms with Crippen LogP contribution in [-0.4, -0.2) is 67.5 Å². The molecule has 3 aromatic heterocycles. The number of aliphatic hydroxyl groups is 1. The van der Waals surface area contributed by atoms with Crippen LogP contribution >= 0.6 is 0 Å². The summed E-state index contributed by atoms with van der Waals surface area (Å²) in [6.07, 6.45) is 9.09. The largest absolute Gasteiger partial charge is 0.384 e. The average molecular weight is 525 g/mol. The Hall–Kier alpha value is -4.20. The molecule has 0 unspecified atom stereocenters. The number of fused-ring (bicyclic) bond motifs is 2. The standard InChI is InChI=1S/C29H32N8O2/c1-4-14-36-27(38)23-19-30-28(31-21-7-9-22(10-8-21)35-17-15-34(3)16-18-35)33-26(23)37(36)24-11-6-20-12-13-29(39,5-2)25(20)32-24/h1,6-11,19,39H,5,12-18H2,2-3H3,(H,30,31,33)/t29-/m0/s1. The fourth-order valence-corrected chi connectivity index (χ4v) is 5.50. The van der Waals surface area contributed by atoms with E-state index in [0.29, 0.717) is 41.3 Å². The summed E-state index contributed by atoms with van der Waals surface area (Å²) in [6.45, 7) is 6.09. The Kier molecular flexibility index (Phi) is 6.33. The highest BCUT2D eigenvalue weighted by Crippen LogP contribution is 2.38. The highest BCUT2D eigenvalue weighted by molar-refractivity contribution is 5.77. The summed E-state index contributed by atoms with van der Waals surface area (Å²) < 4.78 is 3.07. The summed E-state index contributed by atoms with van der Waals surface area (Å²) in [5.74, 6) is 3.39. The van der Waals surface area contributed by atoms with Gasteiger partial charge in [-0.1, -0.05) is 18.9 Å². The van der Waals surface area contributed by atoms with Crippen LogP contribution in [0.1, 0.15) is 31.0 Å². The summed E-state index contributed by atoms with van der Waals surface area (Å²) in [6, 6.07) is 12.0. The predicted octanol–water partition coefficient (Wildman–Crippen LogP) is 2.65. The van der Waals surface area contributed by atoms with Crippen molar-refractivity contribution >= 4 is 28.4 Å². The van der Waals surface area contributed by atoms with Gasteiger partial charge in [0.1, 0.15) is 17.5 Å². The molecule has 2 N–H and O–H groups in total. The molecule has 4 heterocycles. The molecule has 4 aromatic rings. The van der Waals surface area contributed by atoms with E-state index in [1.54, 1.807) is 4.68 Å². The highest BCUT2D eigenvalue weighted by atomic mass is 16.3. The van der Waals surface area contributed by atoms with Gasteiger partial charge in [0, 0.05) is 43.8 Å². The van der Waals surface area contributed by atoms with E-state index in [2.05, 4.69) is 45.2 Å². The SMILES string of the molecule is C#CCn1c(=O)c2cnc(Nc3ccc(N4CCN(C)CC4)cc3)nc2n1-c1ccc2c(n1)[C@](O)(CC)CC2. The number of rotatable bonds is 6. The molecule has 0 spiro atoms. The van der Waals surface area contributed by atoms with E-state index in [-0.39, 0.29) is 12.1 Å². The highest BCUT2D eigenvalue weighted by Gasteiger charge is 2.37. The summed E-state index contributed by atoms with van der Waals surface area (Å²) >= 11 is 0. The number of aromatic nitrogens is 5. The molecule has 0 saturated carbocycles. The molecule has 1 aliphatic carbocycles. The van der Waals surface area contributed by atoms with E-state index < -0.39 is 5.60 Å². The van der Waals surface area contributed by atoms with Crippen LogP contribution in [-0.2, 0) is 18.6 Å². The van der Waals surface area contributed by atoms with Gasteiger partial charge in [0.05, 0.1) is 5.69 Å². The number of anilines is 3. The smallest absolute Gasteiger partial charge is 0.279 e. The second-order valence-electron chi connectivity index (χ2n) is 10.3. The molecule has 1 aromatic carbocycles. The molecule has 0 amide bonds. The molecule has 10 nitrogen and oxygen atoms in total. The van der Waals surface area contributed by atoms with Crippen LogP contribution in [0.15, 0.2) is 47.4 Å². The van der Waals surface area contributed by atoms with Crippen LogP contribution in [0.2, 0.25) is 0 Å². The number of nitrogens with zero attached hydrogens (tertiary/aromatic N) is 7. The van der Waals surface area contributed by atoms with Crippen molar-refractivity contribution in [2.24, 2.45) is 0 Å². The van der Waals surface area contributed by atoms with Crippen LogP contribution in [0.5, 0.6) is 0 Å². The van der Waals surface area contributed by atoms with Gasteiger partial charge in [0.15, 0.2) is 11.5 Å². The lowest BCUT2D eigenvalue weighted by atomic mass is 9.98. The number of pyridine rings is 1. The van der Waals surface area contributed by atoms with Crippen molar-refractivity contribution < 1.29 is 5.11 Å². The molecule has 10 heteroatoms. The third kappa shape index (κ3) is 4.43. The van der Waals surface area contributed by atoms with Crippen molar-refractivity contribution in [2.45, 2.75) is 38.3 Å². The van der Waals surface area contributed by atoms with Crippen molar-refractivity contribution in [3.8, 4) is 18.2 Å². The lowest BCUT2D eigenvalue weighted by molar-refractivity contribution is 0.0306. The number of nitrogens with one attached hydrogen (secondary N) is 1. The number of aryl methyl sites for hydroxylation is 1. The number of piperazine rings is 1. The maximum absolute atomic E-state index is 13.3. The van der Waals surface area contributed by atoms with Crippen LogP contribution in [0.25, 0.3) is 16.9 Å². The Balaban J connectivity index is 1.36. The van der Waals surface area contributed by atoms with Crippen LogP contribution in [0.3, 0.4) is 0 Å². The molecule has 1 atom stereocenters. The lowest BCUT2D eigenvalue weighted by Gasteiger charge is -2.34. The summed E-state index contributed by atoms with van der Waals surface area (Å²) in [7, 11) is 2.15. The van der Waals surface area contributed by atoms with Crippen LogP contribution in [0, 0.1) is 12.3 Å². The monoisotopic (exact) mass is 524 g/mol. The zero-order valence-corrected chi connectivity index (χ0v) is 22.3. The van der Waals surface area contributed by atoms with Gasteiger partial charge in [-0.15, -0.1) is 6.42 Å². The third-order valence-corrected chi connectivity index (χ3v) is 7.92. The molecular formula is C29H32N8O2. The molecule has 39 heavy (non-hydrogen) atoms. The van der Waals surface area contributed by atoms with Gasteiger partial charge in [-0.3, -0.25) is 4.79 Å². The first-order chi connectivity index (χ1) is 18.9. The van der Waals surface area contributed by atoms with Crippen molar-refractivity contribution in [2.75, 3.05) is 43.4 Å². The van der Waals surface area contributed by atoms with Crippen LogP contribution in [0.4, 0.5) is 17.3 Å². The summed E-state index contributed by atoms with van der Waals surface area (Å²) in [5.41, 5.74) is 2.81. The number of terminal acetylenes is 1. The normalized spacial score (nSPS) is 19.3. The Morgan fingerprint density at radius 2 is 1.87 bits per heavy atom. The average Bonchev–Trinajstić information content (AvgIpc) is 3.43. The molecule has 1 aliphatic heterocycles. The van der Waals surface area contributed by atoms with E-state index in [0.717, 1.165) is 43.9 Å². The number of hydrogen-bond donors (Lipinski definition) is 2. The fraction of sp³-hybridized carbons (Fsp3) is 0.379. The molecule has 1 saturated heterocycles. The van der Waals surface area contributed by atoms with E-state index in [1.165, 1.54) is 16.6 Å². The number of benzene rings is 1. The van der Waals surface area contributed by atoms with Gasteiger partial charge < -0.3 is 20.2 Å². The number of hydrogen-bond acceptors (Lipinski definition) is 8. The van der Waals surface area contributed by atoms with Crippen LogP contribution < -0.4 is 15.8 Å². The zero-order valence-electron chi connectivity index (χ0n) is 22.3. The first-order valence-corrected chi connectivity index (χ1v) is 13.4. The first kappa shape index (κ1) is 25.1. The van der Waals surface area contributed by atoms with Gasteiger partial charge in [-0.2, -0.15) is 4.98 Å². The lowest BCUT2D eigenvalue weighted by Crippen LogP contribution is -2.44. The molecule has 0 radical (unpaired) electrons. The Bertz CT molecular complexity index is 1630. The molecule has 2 aliphatic rings. The molecule has 200 valence electrons. The second kappa shape index (κ2) is 9.84.